The summed E-state index contributed by atoms with van der Waals surface area (Å²) in [6.45, 7) is 2.34. The Balaban J connectivity index is 1.34. The predicted octanol–water partition coefficient (Wildman–Crippen LogP) is 3.54. The molecule has 28 heavy (non-hydrogen) atoms. The molecule has 0 saturated heterocycles. The molecule has 1 amide bonds. The number of hydrogen-bond donors (Lipinski definition) is 1. The van der Waals surface area contributed by atoms with Crippen molar-refractivity contribution in [2.75, 3.05) is 17.0 Å². The molecular weight excluding hydrogens is 356 g/mol. The van der Waals surface area contributed by atoms with Gasteiger partial charge in [0.15, 0.2) is 23.1 Å². The fourth-order valence-electron chi connectivity index (χ4n) is 3.66. The molecule has 5 rings (SSSR count). The van der Waals surface area contributed by atoms with E-state index in [0.717, 1.165) is 17.9 Å². The van der Waals surface area contributed by atoms with Crippen LogP contribution in [0.2, 0.25) is 0 Å². The highest BCUT2D eigenvalue weighted by molar-refractivity contribution is 6.04. The molecule has 0 fully saturated rings. The minimum atomic E-state index is -0.278. The molecule has 0 saturated carbocycles. The monoisotopic (exact) mass is 374 g/mol. The number of carbonyl (C=O) groups is 1. The Kier molecular flexibility index (Phi) is 3.86. The summed E-state index contributed by atoms with van der Waals surface area (Å²) in [7, 11) is 0. The van der Waals surface area contributed by atoms with Crippen molar-refractivity contribution in [1.29, 1.82) is 0 Å². The first-order valence-electron chi connectivity index (χ1n) is 9.11. The van der Waals surface area contributed by atoms with Gasteiger partial charge in [-0.1, -0.05) is 18.2 Å². The Morgan fingerprint density at radius 2 is 1.93 bits per heavy atom. The molecule has 1 atom stereocenters. The topological polar surface area (TPSA) is 76.6 Å². The van der Waals surface area contributed by atoms with Gasteiger partial charge in [-0.3, -0.25) is 4.79 Å². The maximum Gasteiger partial charge on any atom is 0.257 e. The van der Waals surface area contributed by atoms with Crippen LogP contribution in [-0.2, 0) is 6.42 Å². The fraction of sp³-hybridized carbons (Fsp3) is 0.190. The second kappa shape index (κ2) is 6.53. The summed E-state index contributed by atoms with van der Waals surface area (Å²) in [5, 5.41) is 11.3. The van der Waals surface area contributed by atoms with E-state index in [1.807, 2.05) is 12.1 Å². The van der Waals surface area contributed by atoms with E-state index in [2.05, 4.69) is 45.5 Å². The van der Waals surface area contributed by atoms with Gasteiger partial charge < -0.3 is 19.7 Å². The third kappa shape index (κ3) is 2.81. The summed E-state index contributed by atoms with van der Waals surface area (Å²) in [5.41, 5.74) is 2.93. The van der Waals surface area contributed by atoms with Crippen LogP contribution in [-0.4, -0.2) is 28.9 Å². The van der Waals surface area contributed by atoms with E-state index in [0.29, 0.717) is 28.9 Å². The number of rotatable bonds is 3. The summed E-state index contributed by atoms with van der Waals surface area (Å²) in [6, 6.07) is 17.3. The average molecular weight is 374 g/mol. The summed E-state index contributed by atoms with van der Waals surface area (Å²) in [6.07, 6.45) is 0.973. The number of aromatic nitrogens is 2. The van der Waals surface area contributed by atoms with E-state index in [9.17, 15) is 4.79 Å². The first-order valence-corrected chi connectivity index (χ1v) is 9.11. The van der Waals surface area contributed by atoms with Gasteiger partial charge in [-0.25, -0.2) is 0 Å². The van der Waals surface area contributed by atoms with Gasteiger partial charge in [-0.2, -0.15) is 0 Å². The van der Waals surface area contributed by atoms with Crippen molar-refractivity contribution in [1.82, 2.24) is 10.2 Å². The fourth-order valence-corrected chi connectivity index (χ4v) is 3.66. The number of fused-ring (bicyclic) bond motifs is 2. The molecule has 2 aromatic carbocycles. The van der Waals surface area contributed by atoms with E-state index < -0.39 is 0 Å². The van der Waals surface area contributed by atoms with Crippen molar-refractivity contribution >= 4 is 23.2 Å². The van der Waals surface area contributed by atoms with Crippen LogP contribution in [0.1, 0.15) is 22.8 Å². The third-order valence-electron chi connectivity index (χ3n) is 4.98. The van der Waals surface area contributed by atoms with Gasteiger partial charge in [0.1, 0.15) is 0 Å². The van der Waals surface area contributed by atoms with Crippen molar-refractivity contribution in [2.45, 2.75) is 19.4 Å². The Labute approximate surface area is 161 Å². The number of nitrogens with one attached hydrogen (secondary N) is 1. The van der Waals surface area contributed by atoms with E-state index >= 15 is 0 Å². The van der Waals surface area contributed by atoms with Gasteiger partial charge in [-0.15, -0.1) is 10.2 Å². The smallest absolute Gasteiger partial charge is 0.257 e. The molecule has 0 aliphatic carbocycles. The quantitative estimate of drug-likeness (QED) is 0.756. The second-order valence-corrected chi connectivity index (χ2v) is 6.85. The van der Waals surface area contributed by atoms with Gasteiger partial charge in [-0.05, 0) is 55.3 Å². The minimum absolute atomic E-state index is 0.172. The first-order chi connectivity index (χ1) is 13.7. The maximum atomic E-state index is 12.5. The van der Waals surface area contributed by atoms with Crippen molar-refractivity contribution in [3.63, 3.8) is 0 Å². The van der Waals surface area contributed by atoms with E-state index in [-0.39, 0.29) is 12.7 Å². The summed E-state index contributed by atoms with van der Waals surface area (Å²) >= 11 is 0. The molecule has 0 radical (unpaired) electrons. The van der Waals surface area contributed by atoms with E-state index in [1.165, 1.54) is 5.56 Å². The number of ether oxygens (including phenoxy) is 2. The van der Waals surface area contributed by atoms with Gasteiger partial charge in [0.25, 0.3) is 5.91 Å². The first kappa shape index (κ1) is 16.6. The van der Waals surface area contributed by atoms with Crippen LogP contribution in [0.25, 0.3) is 0 Å². The lowest BCUT2D eigenvalue weighted by atomic mass is 10.1. The zero-order chi connectivity index (χ0) is 19.1. The standard InChI is InChI=1S/C21H18N4O3/c1-13-10-14-4-2-3-5-16(14)25(13)20-9-8-19(23-24-20)22-21(26)15-6-7-17-18(11-15)28-12-27-17/h2-9,11,13H,10,12H2,1H3,(H,22,23,26). The lowest BCUT2D eigenvalue weighted by Crippen LogP contribution is -2.25. The van der Waals surface area contributed by atoms with Crippen LogP contribution in [0, 0.1) is 0 Å². The zero-order valence-corrected chi connectivity index (χ0v) is 15.3. The molecule has 2 aliphatic heterocycles. The molecule has 7 heteroatoms. The lowest BCUT2D eigenvalue weighted by Gasteiger charge is -2.23. The van der Waals surface area contributed by atoms with Gasteiger partial charge in [0, 0.05) is 17.3 Å². The molecule has 140 valence electrons. The van der Waals surface area contributed by atoms with E-state index in [1.54, 1.807) is 24.3 Å². The molecule has 2 aliphatic rings. The van der Waals surface area contributed by atoms with Gasteiger partial charge in [0.05, 0.1) is 0 Å². The zero-order valence-electron chi connectivity index (χ0n) is 15.3. The number of amides is 1. The largest absolute Gasteiger partial charge is 0.454 e. The van der Waals surface area contributed by atoms with Crippen LogP contribution >= 0.6 is 0 Å². The average Bonchev–Trinajstić information content (AvgIpc) is 3.31. The van der Waals surface area contributed by atoms with Crippen LogP contribution < -0.4 is 19.7 Å². The summed E-state index contributed by atoms with van der Waals surface area (Å²) in [5.74, 6) is 2.08. The molecular formula is C21H18N4O3. The summed E-state index contributed by atoms with van der Waals surface area (Å²) < 4.78 is 10.6. The molecule has 1 aromatic heterocycles. The normalized spacial score (nSPS) is 16.8. The maximum absolute atomic E-state index is 12.5. The highest BCUT2D eigenvalue weighted by Gasteiger charge is 2.27. The Bertz CT molecular complexity index is 1050. The van der Waals surface area contributed by atoms with Crippen LogP contribution in [0.4, 0.5) is 17.3 Å². The van der Waals surface area contributed by atoms with Crippen molar-refractivity contribution in [3.8, 4) is 11.5 Å². The van der Waals surface area contributed by atoms with E-state index in [4.69, 9.17) is 9.47 Å². The Morgan fingerprint density at radius 3 is 2.79 bits per heavy atom. The Hall–Kier alpha value is -3.61. The SMILES string of the molecule is CC1Cc2ccccc2N1c1ccc(NC(=O)c2ccc3c(c2)OCO3)nn1. The molecule has 3 heterocycles. The molecule has 0 bridgehead atoms. The lowest BCUT2D eigenvalue weighted by molar-refractivity contribution is 0.102. The minimum Gasteiger partial charge on any atom is -0.454 e. The van der Waals surface area contributed by atoms with Gasteiger partial charge in [0.2, 0.25) is 6.79 Å². The van der Waals surface area contributed by atoms with Crippen LogP contribution in [0.3, 0.4) is 0 Å². The number of anilines is 3. The van der Waals surface area contributed by atoms with Crippen LogP contribution in [0.15, 0.2) is 54.6 Å². The highest BCUT2D eigenvalue weighted by atomic mass is 16.7. The Morgan fingerprint density at radius 1 is 1.07 bits per heavy atom. The number of nitrogens with zero attached hydrogens (tertiary/aromatic N) is 3. The molecule has 1 unspecified atom stereocenters. The van der Waals surface area contributed by atoms with Gasteiger partial charge >= 0.3 is 0 Å². The third-order valence-corrected chi connectivity index (χ3v) is 4.98. The van der Waals surface area contributed by atoms with Crippen molar-refractivity contribution in [3.05, 3.63) is 65.7 Å². The molecule has 0 spiro atoms. The van der Waals surface area contributed by atoms with Crippen molar-refractivity contribution in [2.24, 2.45) is 0 Å². The number of benzene rings is 2. The predicted molar refractivity (Wildman–Crippen MR) is 104 cm³/mol. The second-order valence-electron chi connectivity index (χ2n) is 6.85. The van der Waals surface area contributed by atoms with Crippen LogP contribution in [0.5, 0.6) is 11.5 Å². The molecule has 1 N–H and O–H groups in total. The summed E-state index contributed by atoms with van der Waals surface area (Å²) in [4.78, 5) is 14.7. The number of carbonyl (C=O) groups excluding carboxylic acids is 1. The number of para-hydroxylation sites is 1. The molecule has 3 aromatic rings. The van der Waals surface area contributed by atoms with Crippen molar-refractivity contribution < 1.29 is 14.3 Å². The molecule has 7 nitrogen and oxygen atoms in total. The highest BCUT2D eigenvalue weighted by Crippen LogP contribution is 2.37. The number of hydrogen-bond acceptors (Lipinski definition) is 6.